The predicted molar refractivity (Wildman–Crippen MR) is 66.8 cm³/mol. The Morgan fingerprint density at radius 2 is 2.06 bits per heavy atom. The molecular formula is C15H18O3. The first-order chi connectivity index (χ1) is 8.40. The van der Waals surface area contributed by atoms with E-state index in [1.807, 2.05) is 13.8 Å². The Hall–Kier alpha value is -1.38. The molecule has 0 saturated heterocycles. The summed E-state index contributed by atoms with van der Waals surface area (Å²) in [5.41, 5.74) is 3.05. The first-order valence-corrected chi connectivity index (χ1v) is 6.52. The van der Waals surface area contributed by atoms with Crippen LogP contribution in [0.1, 0.15) is 40.0 Å². The minimum atomic E-state index is -0.176. The summed E-state index contributed by atoms with van der Waals surface area (Å²) in [7, 11) is 0. The van der Waals surface area contributed by atoms with Gasteiger partial charge in [-0.1, -0.05) is 12.5 Å². The molecule has 0 aromatic rings. The second-order valence-corrected chi connectivity index (χ2v) is 6.19. The molecule has 0 amide bonds. The van der Waals surface area contributed by atoms with Crippen LogP contribution in [0.25, 0.3) is 0 Å². The molecule has 96 valence electrons. The van der Waals surface area contributed by atoms with Crippen molar-refractivity contribution in [2.45, 2.75) is 46.1 Å². The summed E-state index contributed by atoms with van der Waals surface area (Å²) in [5.74, 6) is 0.413. The molecule has 0 radical (unpaired) electrons. The van der Waals surface area contributed by atoms with Crippen LogP contribution in [-0.4, -0.2) is 17.9 Å². The van der Waals surface area contributed by atoms with Crippen molar-refractivity contribution in [2.24, 2.45) is 11.3 Å². The molecular weight excluding hydrogens is 228 g/mol. The molecule has 3 heteroatoms. The number of fused-ring (bicyclic) bond motifs is 2. The number of hydrogen-bond acceptors (Lipinski definition) is 3. The molecule has 3 rings (SSSR count). The minimum absolute atomic E-state index is 0.0466. The molecule has 3 aliphatic rings. The third-order valence-corrected chi connectivity index (χ3v) is 4.86. The van der Waals surface area contributed by atoms with Gasteiger partial charge in [0, 0.05) is 12.0 Å². The summed E-state index contributed by atoms with van der Waals surface area (Å²) in [6.45, 7) is 6.05. The molecule has 1 aliphatic heterocycles. The fraction of sp³-hybridized carbons (Fsp3) is 0.600. The maximum atomic E-state index is 11.8. The molecule has 3 atom stereocenters. The first kappa shape index (κ1) is 11.7. The Morgan fingerprint density at radius 3 is 2.78 bits per heavy atom. The quantitative estimate of drug-likeness (QED) is 0.617. The van der Waals surface area contributed by atoms with Gasteiger partial charge in [-0.05, 0) is 49.7 Å². The summed E-state index contributed by atoms with van der Waals surface area (Å²) in [4.78, 5) is 23.4. The summed E-state index contributed by atoms with van der Waals surface area (Å²) in [5, 5.41) is 0. The van der Waals surface area contributed by atoms with E-state index in [0.29, 0.717) is 12.3 Å². The average Bonchev–Trinajstić information content (AvgIpc) is 2.50. The molecule has 2 aliphatic carbocycles. The first-order valence-electron chi connectivity index (χ1n) is 6.52. The highest BCUT2D eigenvalue weighted by atomic mass is 16.5. The van der Waals surface area contributed by atoms with Crippen LogP contribution in [0.3, 0.4) is 0 Å². The van der Waals surface area contributed by atoms with Gasteiger partial charge in [-0.25, -0.2) is 4.79 Å². The summed E-state index contributed by atoms with van der Waals surface area (Å²) in [6, 6.07) is 0. The number of rotatable bonds is 0. The second-order valence-electron chi connectivity index (χ2n) is 6.19. The van der Waals surface area contributed by atoms with Crippen LogP contribution in [0, 0.1) is 11.3 Å². The van der Waals surface area contributed by atoms with Gasteiger partial charge in [-0.3, -0.25) is 4.79 Å². The number of carbonyl (C=O) groups excluding carboxylic acids is 2. The lowest BCUT2D eigenvalue weighted by molar-refractivity contribution is -0.142. The normalized spacial score (nSPS) is 39.2. The Balaban J connectivity index is 2.02. The fourth-order valence-corrected chi connectivity index (χ4v) is 3.85. The van der Waals surface area contributed by atoms with Crippen LogP contribution in [-0.2, 0) is 14.3 Å². The van der Waals surface area contributed by atoms with E-state index in [-0.39, 0.29) is 23.3 Å². The molecule has 0 N–H and O–H groups in total. The van der Waals surface area contributed by atoms with Gasteiger partial charge in [0.05, 0.1) is 0 Å². The Kier molecular flexibility index (Phi) is 2.31. The number of ketones is 1. The third kappa shape index (κ3) is 1.49. The number of hydrogen-bond donors (Lipinski definition) is 0. The van der Waals surface area contributed by atoms with Crippen LogP contribution < -0.4 is 0 Å². The lowest BCUT2D eigenvalue weighted by Crippen LogP contribution is -2.42. The Labute approximate surface area is 107 Å². The van der Waals surface area contributed by atoms with E-state index in [2.05, 4.69) is 6.92 Å². The van der Waals surface area contributed by atoms with Crippen molar-refractivity contribution in [1.82, 2.24) is 0 Å². The number of esters is 1. The van der Waals surface area contributed by atoms with Crippen LogP contribution in [0.5, 0.6) is 0 Å². The zero-order valence-electron chi connectivity index (χ0n) is 11.1. The van der Waals surface area contributed by atoms with E-state index in [9.17, 15) is 9.59 Å². The molecule has 1 heterocycles. The zero-order valence-corrected chi connectivity index (χ0v) is 11.1. The van der Waals surface area contributed by atoms with E-state index in [4.69, 9.17) is 4.74 Å². The highest BCUT2D eigenvalue weighted by Gasteiger charge is 2.49. The molecule has 18 heavy (non-hydrogen) atoms. The van der Waals surface area contributed by atoms with E-state index in [1.54, 1.807) is 6.08 Å². The highest BCUT2D eigenvalue weighted by Crippen LogP contribution is 2.53. The van der Waals surface area contributed by atoms with Gasteiger partial charge in [0.15, 0.2) is 5.78 Å². The van der Waals surface area contributed by atoms with Crippen LogP contribution in [0.15, 0.2) is 22.8 Å². The topological polar surface area (TPSA) is 43.4 Å². The van der Waals surface area contributed by atoms with Crippen molar-refractivity contribution in [3.8, 4) is 0 Å². The van der Waals surface area contributed by atoms with Crippen molar-refractivity contribution < 1.29 is 14.3 Å². The van der Waals surface area contributed by atoms with E-state index >= 15 is 0 Å². The molecule has 1 saturated carbocycles. The smallest absolute Gasteiger partial charge is 0.334 e. The van der Waals surface area contributed by atoms with Gasteiger partial charge in [0.2, 0.25) is 0 Å². The average molecular weight is 246 g/mol. The molecule has 0 bridgehead atoms. The highest BCUT2D eigenvalue weighted by molar-refractivity contribution is 5.93. The van der Waals surface area contributed by atoms with Crippen molar-refractivity contribution >= 4 is 11.8 Å². The zero-order chi connectivity index (χ0) is 13.1. The SMILES string of the molecule is CC1=CC(=O)C[C@]2(C)C[C@H]3OC(=O)C(C)=C3C[C@@H]12. The number of ether oxygens (including phenoxy) is 1. The Bertz CT molecular complexity index is 512. The van der Waals surface area contributed by atoms with E-state index in [0.717, 1.165) is 29.6 Å². The fourth-order valence-electron chi connectivity index (χ4n) is 3.85. The summed E-state index contributed by atoms with van der Waals surface area (Å²) < 4.78 is 5.42. The lowest BCUT2D eigenvalue weighted by Gasteiger charge is -2.46. The molecule has 0 aromatic heterocycles. The molecule has 1 fully saturated rings. The van der Waals surface area contributed by atoms with Gasteiger partial charge >= 0.3 is 5.97 Å². The summed E-state index contributed by atoms with van der Waals surface area (Å²) >= 11 is 0. The van der Waals surface area contributed by atoms with Crippen LogP contribution in [0.2, 0.25) is 0 Å². The van der Waals surface area contributed by atoms with Crippen molar-refractivity contribution in [3.63, 3.8) is 0 Å². The predicted octanol–water partition coefficient (Wildman–Crippen LogP) is 2.56. The van der Waals surface area contributed by atoms with Gasteiger partial charge in [0.1, 0.15) is 6.10 Å². The number of carbonyl (C=O) groups is 2. The van der Waals surface area contributed by atoms with Gasteiger partial charge in [-0.2, -0.15) is 0 Å². The van der Waals surface area contributed by atoms with Gasteiger partial charge < -0.3 is 4.74 Å². The lowest BCUT2D eigenvalue weighted by atomic mass is 9.58. The van der Waals surface area contributed by atoms with Crippen molar-refractivity contribution in [1.29, 1.82) is 0 Å². The maximum Gasteiger partial charge on any atom is 0.334 e. The van der Waals surface area contributed by atoms with Crippen LogP contribution >= 0.6 is 0 Å². The second kappa shape index (κ2) is 3.56. The largest absolute Gasteiger partial charge is 0.454 e. The summed E-state index contributed by atoms with van der Waals surface area (Å²) in [6.07, 6.45) is 3.93. The monoisotopic (exact) mass is 246 g/mol. The molecule has 0 aromatic carbocycles. The third-order valence-electron chi connectivity index (χ3n) is 4.86. The van der Waals surface area contributed by atoms with Gasteiger partial charge in [0.25, 0.3) is 0 Å². The van der Waals surface area contributed by atoms with Crippen LogP contribution in [0.4, 0.5) is 0 Å². The van der Waals surface area contributed by atoms with E-state index < -0.39 is 0 Å². The van der Waals surface area contributed by atoms with Crippen molar-refractivity contribution in [3.05, 3.63) is 22.8 Å². The standard InChI is InChI=1S/C15H18O3/c1-8-4-10(16)6-15(3)7-13-11(5-12(8)15)9(2)14(17)18-13/h4,12-13H,5-7H2,1-3H3/t12-,13+,15+/m0/s1. The molecule has 3 nitrogen and oxygen atoms in total. The molecule has 0 unspecified atom stereocenters. The number of allylic oxidation sites excluding steroid dienone is 2. The van der Waals surface area contributed by atoms with Gasteiger partial charge in [-0.15, -0.1) is 0 Å². The van der Waals surface area contributed by atoms with Crippen molar-refractivity contribution in [2.75, 3.05) is 0 Å². The maximum absolute atomic E-state index is 11.8. The van der Waals surface area contributed by atoms with E-state index in [1.165, 1.54) is 0 Å². The minimum Gasteiger partial charge on any atom is -0.454 e. The Morgan fingerprint density at radius 1 is 1.33 bits per heavy atom. The molecule has 0 spiro atoms.